The van der Waals surface area contributed by atoms with Crippen LogP contribution in [0, 0.1) is 5.92 Å². The number of amides is 1. The van der Waals surface area contributed by atoms with Crippen LogP contribution in [0.1, 0.15) is 24.2 Å². The number of nitrogens with two attached hydrogens (primary N) is 1. The summed E-state index contributed by atoms with van der Waals surface area (Å²) >= 11 is 0. The van der Waals surface area contributed by atoms with Gasteiger partial charge in [-0.1, -0.05) is 13.8 Å². The van der Waals surface area contributed by atoms with E-state index in [4.69, 9.17) is 5.73 Å². The standard InChI is InChI=1S/C10H16N4O3/c1-5(2)7(10(16)17-3)13-9(15)6-4-12-14-8(6)11/h4-5,7H,1-3H3,(H,13,15)(H3,11,12,14). The average Bonchev–Trinajstić information content (AvgIpc) is 2.70. The Morgan fingerprint density at radius 3 is 2.59 bits per heavy atom. The number of nitrogen functional groups attached to an aromatic ring is 1. The Balaban J connectivity index is 2.78. The molecule has 0 aliphatic rings. The van der Waals surface area contributed by atoms with Crippen molar-refractivity contribution in [3.05, 3.63) is 11.8 Å². The normalized spacial score (nSPS) is 12.2. The number of rotatable bonds is 4. The summed E-state index contributed by atoms with van der Waals surface area (Å²) in [6.45, 7) is 3.61. The molecule has 0 saturated heterocycles. The summed E-state index contributed by atoms with van der Waals surface area (Å²) in [7, 11) is 1.27. The minimum absolute atomic E-state index is 0.0838. The first-order valence-electron chi connectivity index (χ1n) is 5.15. The van der Waals surface area contributed by atoms with Gasteiger partial charge >= 0.3 is 5.97 Å². The Kier molecular flexibility index (Phi) is 4.08. The van der Waals surface area contributed by atoms with Crippen molar-refractivity contribution in [1.82, 2.24) is 15.5 Å². The molecular formula is C10H16N4O3. The van der Waals surface area contributed by atoms with Crippen LogP contribution in [0.3, 0.4) is 0 Å². The molecule has 0 fully saturated rings. The predicted molar refractivity (Wildman–Crippen MR) is 61.1 cm³/mol. The molecule has 1 aromatic rings. The summed E-state index contributed by atoms with van der Waals surface area (Å²) in [6.07, 6.45) is 1.30. The van der Waals surface area contributed by atoms with Crippen LogP contribution < -0.4 is 11.1 Å². The maximum absolute atomic E-state index is 11.8. The van der Waals surface area contributed by atoms with Gasteiger partial charge in [-0.3, -0.25) is 9.89 Å². The van der Waals surface area contributed by atoms with Gasteiger partial charge < -0.3 is 15.8 Å². The van der Waals surface area contributed by atoms with Crippen molar-refractivity contribution in [2.24, 2.45) is 5.92 Å². The van der Waals surface area contributed by atoms with Gasteiger partial charge in [0.1, 0.15) is 17.4 Å². The third-order valence-corrected chi connectivity index (χ3v) is 2.32. The van der Waals surface area contributed by atoms with Gasteiger partial charge in [0.05, 0.1) is 13.3 Å². The minimum Gasteiger partial charge on any atom is -0.467 e. The zero-order chi connectivity index (χ0) is 13.0. The molecule has 4 N–H and O–H groups in total. The summed E-state index contributed by atoms with van der Waals surface area (Å²) in [5.74, 6) is -0.870. The number of ether oxygens (including phenoxy) is 1. The van der Waals surface area contributed by atoms with E-state index >= 15 is 0 Å². The molecule has 0 radical (unpaired) electrons. The fourth-order valence-corrected chi connectivity index (χ4v) is 1.32. The smallest absolute Gasteiger partial charge is 0.328 e. The van der Waals surface area contributed by atoms with E-state index in [1.807, 2.05) is 0 Å². The van der Waals surface area contributed by atoms with Crippen molar-refractivity contribution >= 4 is 17.7 Å². The second kappa shape index (κ2) is 5.33. The predicted octanol–water partition coefficient (Wildman–Crippen LogP) is -0.0807. The highest BCUT2D eigenvalue weighted by Gasteiger charge is 2.26. The van der Waals surface area contributed by atoms with Gasteiger partial charge in [-0.15, -0.1) is 0 Å². The van der Waals surface area contributed by atoms with Crippen molar-refractivity contribution in [3.63, 3.8) is 0 Å². The molecule has 1 heterocycles. The molecule has 0 aromatic carbocycles. The fourth-order valence-electron chi connectivity index (χ4n) is 1.32. The van der Waals surface area contributed by atoms with E-state index in [0.29, 0.717) is 0 Å². The second-order valence-electron chi connectivity index (χ2n) is 3.92. The number of hydrogen-bond acceptors (Lipinski definition) is 5. The van der Waals surface area contributed by atoms with Crippen molar-refractivity contribution < 1.29 is 14.3 Å². The number of aromatic amines is 1. The summed E-state index contributed by atoms with van der Waals surface area (Å²) in [4.78, 5) is 23.3. The van der Waals surface area contributed by atoms with Crippen LogP contribution in [0.25, 0.3) is 0 Å². The molecule has 0 aliphatic carbocycles. The molecule has 0 spiro atoms. The zero-order valence-electron chi connectivity index (χ0n) is 9.98. The van der Waals surface area contributed by atoms with E-state index in [0.717, 1.165) is 0 Å². The van der Waals surface area contributed by atoms with Gasteiger partial charge in [0, 0.05) is 0 Å². The van der Waals surface area contributed by atoms with Crippen LogP contribution in [0.4, 0.5) is 5.82 Å². The number of methoxy groups -OCH3 is 1. The fraction of sp³-hybridized carbons (Fsp3) is 0.500. The first kappa shape index (κ1) is 13.0. The number of anilines is 1. The highest BCUT2D eigenvalue weighted by molar-refractivity contribution is 6.00. The lowest BCUT2D eigenvalue weighted by atomic mass is 10.0. The van der Waals surface area contributed by atoms with Gasteiger partial charge in [-0.05, 0) is 5.92 Å². The average molecular weight is 240 g/mol. The Hall–Kier alpha value is -2.05. The number of nitrogens with one attached hydrogen (secondary N) is 2. The van der Waals surface area contributed by atoms with E-state index in [-0.39, 0.29) is 17.3 Å². The SMILES string of the molecule is COC(=O)C(NC(=O)c1cn[nH]c1N)C(C)C. The Bertz CT molecular complexity index is 413. The lowest BCUT2D eigenvalue weighted by molar-refractivity contribution is -0.144. The number of carbonyl (C=O) groups is 2. The second-order valence-corrected chi connectivity index (χ2v) is 3.92. The zero-order valence-corrected chi connectivity index (χ0v) is 9.98. The van der Waals surface area contributed by atoms with E-state index in [1.165, 1.54) is 13.3 Å². The van der Waals surface area contributed by atoms with Crippen LogP contribution in [0.15, 0.2) is 6.20 Å². The summed E-state index contributed by atoms with van der Waals surface area (Å²) in [6, 6.07) is -0.707. The molecule has 1 aromatic heterocycles. The lowest BCUT2D eigenvalue weighted by Crippen LogP contribution is -2.45. The number of esters is 1. The van der Waals surface area contributed by atoms with Crippen molar-refractivity contribution in [1.29, 1.82) is 0 Å². The van der Waals surface area contributed by atoms with E-state index < -0.39 is 17.9 Å². The molecule has 17 heavy (non-hydrogen) atoms. The van der Waals surface area contributed by atoms with Crippen LogP contribution >= 0.6 is 0 Å². The van der Waals surface area contributed by atoms with Crippen molar-refractivity contribution in [3.8, 4) is 0 Å². The topological polar surface area (TPSA) is 110 Å². The molecule has 1 unspecified atom stereocenters. The largest absolute Gasteiger partial charge is 0.467 e. The molecule has 1 atom stereocenters. The van der Waals surface area contributed by atoms with Crippen LogP contribution in [0.2, 0.25) is 0 Å². The molecule has 7 nitrogen and oxygen atoms in total. The number of hydrogen-bond donors (Lipinski definition) is 3. The van der Waals surface area contributed by atoms with Crippen LogP contribution in [-0.4, -0.2) is 35.2 Å². The molecular weight excluding hydrogens is 224 g/mol. The maximum atomic E-state index is 11.8. The summed E-state index contributed by atoms with van der Waals surface area (Å²) in [5.41, 5.74) is 5.71. The molecule has 0 aliphatic heterocycles. The van der Waals surface area contributed by atoms with Gasteiger partial charge in [-0.2, -0.15) is 5.10 Å². The maximum Gasteiger partial charge on any atom is 0.328 e. The molecule has 1 rings (SSSR count). The quantitative estimate of drug-likeness (QED) is 0.637. The van der Waals surface area contributed by atoms with Crippen molar-refractivity contribution in [2.45, 2.75) is 19.9 Å². The van der Waals surface area contributed by atoms with Crippen LogP contribution in [0.5, 0.6) is 0 Å². The Morgan fingerprint density at radius 1 is 1.53 bits per heavy atom. The summed E-state index contributed by atoms with van der Waals surface area (Å²) in [5, 5.41) is 8.64. The van der Waals surface area contributed by atoms with Gasteiger partial charge in [0.2, 0.25) is 0 Å². The highest BCUT2D eigenvalue weighted by atomic mass is 16.5. The lowest BCUT2D eigenvalue weighted by Gasteiger charge is -2.19. The number of H-pyrrole nitrogens is 1. The molecule has 94 valence electrons. The molecule has 7 heteroatoms. The monoisotopic (exact) mass is 240 g/mol. The molecule has 1 amide bonds. The first-order valence-corrected chi connectivity index (χ1v) is 5.15. The number of nitrogens with zero attached hydrogens (tertiary/aromatic N) is 1. The molecule has 0 bridgehead atoms. The van der Waals surface area contributed by atoms with Gasteiger partial charge in [0.15, 0.2) is 0 Å². The van der Waals surface area contributed by atoms with E-state index in [2.05, 4.69) is 20.3 Å². The Morgan fingerprint density at radius 2 is 2.18 bits per heavy atom. The first-order chi connectivity index (χ1) is 7.97. The molecule has 0 saturated carbocycles. The minimum atomic E-state index is -0.707. The van der Waals surface area contributed by atoms with Crippen LogP contribution in [-0.2, 0) is 9.53 Å². The van der Waals surface area contributed by atoms with Gasteiger partial charge in [-0.25, -0.2) is 4.79 Å². The number of aromatic nitrogens is 2. The number of carbonyl (C=O) groups excluding carboxylic acids is 2. The van der Waals surface area contributed by atoms with Gasteiger partial charge in [0.25, 0.3) is 5.91 Å². The van der Waals surface area contributed by atoms with E-state index in [1.54, 1.807) is 13.8 Å². The third kappa shape index (κ3) is 2.96. The summed E-state index contributed by atoms with van der Waals surface area (Å²) < 4.78 is 4.61. The highest BCUT2D eigenvalue weighted by Crippen LogP contribution is 2.09. The van der Waals surface area contributed by atoms with E-state index in [9.17, 15) is 9.59 Å². The third-order valence-electron chi connectivity index (χ3n) is 2.32. The Labute approximate surface area is 98.7 Å². The van der Waals surface area contributed by atoms with Crippen molar-refractivity contribution in [2.75, 3.05) is 12.8 Å².